The highest BCUT2D eigenvalue weighted by atomic mass is 35.5. The number of halogens is 3. The van der Waals surface area contributed by atoms with Crippen molar-refractivity contribution in [1.29, 1.82) is 0 Å². The molecule has 1 fully saturated rings. The normalized spacial score (nSPS) is 23.5. The maximum Gasteiger partial charge on any atom is 0.0655 e. The predicted molar refractivity (Wildman–Crippen MR) is 94.1 cm³/mol. The SMILES string of the molecule is CCC1CNC(C(C)(C)C)CN1c1cc(Cl)c(Cl)cc1Cl. The van der Waals surface area contributed by atoms with Crippen LogP contribution in [0, 0.1) is 5.41 Å². The maximum atomic E-state index is 6.41. The zero-order chi connectivity index (χ0) is 15.8. The van der Waals surface area contributed by atoms with Gasteiger partial charge in [0.15, 0.2) is 0 Å². The lowest BCUT2D eigenvalue weighted by Gasteiger charge is -2.46. The van der Waals surface area contributed by atoms with E-state index >= 15 is 0 Å². The van der Waals surface area contributed by atoms with Crippen molar-refractivity contribution in [2.75, 3.05) is 18.0 Å². The summed E-state index contributed by atoms with van der Waals surface area (Å²) in [4.78, 5) is 2.37. The minimum Gasteiger partial charge on any atom is -0.364 e. The Kier molecular flexibility index (Phi) is 5.36. The van der Waals surface area contributed by atoms with Gasteiger partial charge in [0, 0.05) is 25.2 Å². The highest BCUT2D eigenvalue weighted by molar-refractivity contribution is 6.44. The second-order valence-electron chi connectivity index (χ2n) is 6.76. The van der Waals surface area contributed by atoms with Crippen molar-refractivity contribution >= 4 is 40.5 Å². The van der Waals surface area contributed by atoms with Crippen LogP contribution in [0.1, 0.15) is 34.1 Å². The summed E-state index contributed by atoms with van der Waals surface area (Å²) in [6.07, 6.45) is 1.06. The second-order valence-corrected chi connectivity index (χ2v) is 7.98. The van der Waals surface area contributed by atoms with Crippen LogP contribution in [0.4, 0.5) is 5.69 Å². The topological polar surface area (TPSA) is 15.3 Å². The number of benzene rings is 1. The molecule has 0 radical (unpaired) electrons. The van der Waals surface area contributed by atoms with Gasteiger partial charge in [0.25, 0.3) is 0 Å². The molecule has 118 valence electrons. The van der Waals surface area contributed by atoms with E-state index in [4.69, 9.17) is 34.8 Å². The Labute approximate surface area is 142 Å². The molecule has 1 aliphatic rings. The predicted octanol–water partition coefficient (Wildman–Crippen LogP) is 5.25. The molecular formula is C16H23Cl3N2. The van der Waals surface area contributed by atoms with Crippen LogP contribution in [0.3, 0.4) is 0 Å². The van der Waals surface area contributed by atoms with Gasteiger partial charge in [-0.2, -0.15) is 0 Å². The first-order chi connectivity index (χ1) is 9.74. The van der Waals surface area contributed by atoms with E-state index in [0.29, 0.717) is 27.2 Å². The molecule has 2 atom stereocenters. The number of hydrogen-bond acceptors (Lipinski definition) is 2. The zero-order valence-corrected chi connectivity index (χ0v) is 15.3. The average molecular weight is 350 g/mol. The van der Waals surface area contributed by atoms with Gasteiger partial charge in [-0.3, -0.25) is 0 Å². The molecule has 0 saturated carbocycles. The van der Waals surface area contributed by atoms with Crippen LogP contribution in [0.15, 0.2) is 12.1 Å². The first-order valence-electron chi connectivity index (χ1n) is 7.38. The van der Waals surface area contributed by atoms with Crippen molar-refractivity contribution < 1.29 is 0 Å². The Morgan fingerprint density at radius 2 is 1.76 bits per heavy atom. The Bertz CT molecular complexity index is 511. The third kappa shape index (κ3) is 3.79. The number of rotatable bonds is 2. The van der Waals surface area contributed by atoms with E-state index in [-0.39, 0.29) is 5.41 Å². The number of nitrogens with zero attached hydrogens (tertiary/aromatic N) is 1. The van der Waals surface area contributed by atoms with Crippen LogP contribution in [0.2, 0.25) is 15.1 Å². The highest BCUT2D eigenvalue weighted by Gasteiger charge is 2.34. The second kappa shape index (κ2) is 6.54. The Balaban J connectivity index is 2.36. The number of piperazine rings is 1. The highest BCUT2D eigenvalue weighted by Crippen LogP contribution is 2.37. The number of anilines is 1. The lowest BCUT2D eigenvalue weighted by atomic mass is 9.84. The molecule has 1 saturated heterocycles. The van der Waals surface area contributed by atoms with E-state index < -0.39 is 0 Å². The average Bonchev–Trinajstić information content (AvgIpc) is 2.41. The van der Waals surface area contributed by atoms with Gasteiger partial charge in [0.2, 0.25) is 0 Å². The minimum absolute atomic E-state index is 0.194. The van der Waals surface area contributed by atoms with Crippen LogP contribution in [-0.2, 0) is 0 Å². The molecule has 1 aromatic carbocycles. The summed E-state index contributed by atoms with van der Waals surface area (Å²) in [6.45, 7) is 10.8. The van der Waals surface area contributed by atoms with Crippen molar-refractivity contribution in [2.24, 2.45) is 5.41 Å². The van der Waals surface area contributed by atoms with Gasteiger partial charge in [0.1, 0.15) is 0 Å². The summed E-state index contributed by atoms with van der Waals surface area (Å²) in [7, 11) is 0. The molecule has 2 nitrogen and oxygen atoms in total. The van der Waals surface area contributed by atoms with Crippen LogP contribution in [0.5, 0.6) is 0 Å². The van der Waals surface area contributed by atoms with Gasteiger partial charge in [-0.1, -0.05) is 62.5 Å². The van der Waals surface area contributed by atoms with Gasteiger partial charge >= 0.3 is 0 Å². The molecule has 1 N–H and O–H groups in total. The van der Waals surface area contributed by atoms with Gasteiger partial charge in [-0.15, -0.1) is 0 Å². The molecule has 0 bridgehead atoms. The van der Waals surface area contributed by atoms with Crippen molar-refractivity contribution in [3.8, 4) is 0 Å². The molecule has 21 heavy (non-hydrogen) atoms. The summed E-state index contributed by atoms with van der Waals surface area (Å²) in [5.41, 5.74) is 1.17. The molecule has 1 heterocycles. The van der Waals surface area contributed by atoms with Crippen molar-refractivity contribution in [1.82, 2.24) is 5.32 Å². The maximum absolute atomic E-state index is 6.41. The monoisotopic (exact) mass is 348 g/mol. The van der Waals surface area contributed by atoms with Crippen LogP contribution < -0.4 is 10.2 Å². The largest absolute Gasteiger partial charge is 0.364 e. The zero-order valence-electron chi connectivity index (χ0n) is 13.0. The van der Waals surface area contributed by atoms with E-state index in [1.54, 1.807) is 6.07 Å². The molecule has 2 unspecified atom stereocenters. The third-order valence-electron chi connectivity index (χ3n) is 4.24. The van der Waals surface area contributed by atoms with Gasteiger partial charge in [-0.05, 0) is 24.0 Å². The lowest BCUT2D eigenvalue weighted by molar-refractivity contribution is 0.234. The van der Waals surface area contributed by atoms with E-state index in [1.165, 1.54) is 0 Å². The van der Waals surface area contributed by atoms with Crippen molar-refractivity contribution in [3.05, 3.63) is 27.2 Å². The summed E-state index contributed by atoms with van der Waals surface area (Å²) >= 11 is 18.7. The lowest BCUT2D eigenvalue weighted by Crippen LogP contribution is -2.60. The fourth-order valence-electron chi connectivity index (χ4n) is 2.77. The quantitative estimate of drug-likeness (QED) is 0.734. The fourth-order valence-corrected chi connectivity index (χ4v) is 3.42. The summed E-state index contributed by atoms with van der Waals surface area (Å²) in [5.74, 6) is 0. The Morgan fingerprint density at radius 1 is 1.14 bits per heavy atom. The molecule has 1 aromatic rings. The van der Waals surface area contributed by atoms with Crippen LogP contribution in [-0.4, -0.2) is 25.2 Å². The van der Waals surface area contributed by atoms with Crippen LogP contribution in [0.25, 0.3) is 0 Å². The molecule has 0 aliphatic carbocycles. The molecule has 0 amide bonds. The van der Waals surface area contributed by atoms with Gasteiger partial charge in [-0.25, -0.2) is 0 Å². The first kappa shape index (κ1) is 17.2. The molecule has 0 spiro atoms. The van der Waals surface area contributed by atoms with Gasteiger partial charge < -0.3 is 10.2 Å². The number of nitrogens with one attached hydrogen (secondary N) is 1. The Hall–Kier alpha value is -0.150. The minimum atomic E-state index is 0.194. The summed E-state index contributed by atoms with van der Waals surface area (Å²) in [6, 6.07) is 4.45. The Morgan fingerprint density at radius 3 is 2.33 bits per heavy atom. The van der Waals surface area contributed by atoms with Crippen LogP contribution >= 0.6 is 34.8 Å². The molecule has 2 rings (SSSR count). The van der Waals surface area contributed by atoms with E-state index in [0.717, 1.165) is 25.2 Å². The summed E-state index contributed by atoms with van der Waals surface area (Å²) in [5, 5.41) is 5.38. The molecular weight excluding hydrogens is 327 g/mol. The van der Waals surface area contributed by atoms with Crippen molar-refractivity contribution in [2.45, 2.75) is 46.2 Å². The first-order valence-corrected chi connectivity index (χ1v) is 8.52. The molecule has 1 aliphatic heterocycles. The van der Waals surface area contributed by atoms with Gasteiger partial charge in [0.05, 0.1) is 20.8 Å². The third-order valence-corrected chi connectivity index (χ3v) is 5.26. The summed E-state index contributed by atoms with van der Waals surface area (Å²) < 4.78 is 0. The van der Waals surface area contributed by atoms with E-state index in [1.807, 2.05) is 6.07 Å². The smallest absolute Gasteiger partial charge is 0.0655 e. The van der Waals surface area contributed by atoms with E-state index in [2.05, 4.69) is 37.9 Å². The van der Waals surface area contributed by atoms with E-state index in [9.17, 15) is 0 Å². The van der Waals surface area contributed by atoms with Crippen molar-refractivity contribution in [3.63, 3.8) is 0 Å². The number of hydrogen-bond donors (Lipinski definition) is 1. The standard InChI is InChI=1S/C16H23Cl3N2/c1-5-10-8-20-15(16(2,3)4)9-21(10)14-7-12(18)11(17)6-13(14)19/h6-7,10,15,20H,5,8-9H2,1-4H3. The molecule has 0 aromatic heterocycles. The molecule has 5 heteroatoms. The fraction of sp³-hybridized carbons (Fsp3) is 0.625.